The van der Waals surface area contributed by atoms with Crippen LogP contribution in [0.3, 0.4) is 0 Å². The number of benzene rings is 1. The molecule has 5 nitrogen and oxygen atoms in total. The molecule has 1 atom stereocenters. The predicted octanol–water partition coefficient (Wildman–Crippen LogP) is 3.63. The number of aryl methyl sites for hydroxylation is 1. The van der Waals surface area contributed by atoms with Crippen molar-refractivity contribution in [3.63, 3.8) is 0 Å². The van der Waals surface area contributed by atoms with Crippen molar-refractivity contribution in [3.05, 3.63) is 64.8 Å². The van der Waals surface area contributed by atoms with Crippen LogP contribution < -0.4 is 5.32 Å². The second-order valence-electron chi connectivity index (χ2n) is 5.12. The van der Waals surface area contributed by atoms with Crippen LogP contribution >= 0.6 is 11.6 Å². The van der Waals surface area contributed by atoms with Crippen LogP contribution in [0.4, 0.5) is 5.82 Å². The maximum atomic E-state index is 12.0. The first kappa shape index (κ1) is 17.7. The third-order valence-corrected chi connectivity index (χ3v) is 3.45. The third-order valence-electron chi connectivity index (χ3n) is 3.23. The smallest absolute Gasteiger partial charge is 0.331 e. The van der Waals surface area contributed by atoms with E-state index in [1.165, 1.54) is 19.2 Å². The van der Waals surface area contributed by atoms with Crippen LogP contribution in [0.1, 0.15) is 18.1 Å². The fourth-order valence-corrected chi connectivity index (χ4v) is 1.99. The fourth-order valence-electron chi connectivity index (χ4n) is 1.88. The molecule has 2 aromatic rings. The summed E-state index contributed by atoms with van der Waals surface area (Å²) < 4.78 is 5.08. The molecule has 1 aromatic heterocycles. The predicted molar refractivity (Wildman–Crippen MR) is 93.6 cm³/mol. The molecule has 0 radical (unpaired) electrons. The van der Waals surface area contributed by atoms with Gasteiger partial charge in [0.25, 0.3) is 5.91 Å². The van der Waals surface area contributed by atoms with Crippen molar-refractivity contribution in [1.82, 2.24) is 4.98 Å². The van der Waals surface area contributed by atoms with Crippen molar-refractivity contribution in [2.75, 3.05) is 5.32 Å². The molecule has 0 aliphatic rings. The summed E-state index contributed by atoms with van der Waals surface area (Å²) in [4.78, 5) is 27.7. The highest BCUT2D eigenvalue weighted by molar-refractivity contribution is 6.30. The number of ether oxygens (including phenoxy) is 1. The highest BCUT2D eigenvalue weighted by atomic mass is 35.5. The molecule has 0 aliphatic heterocycles. The molecule has 0 bridgehead atoms. The summed E-state index contributed by atoms with van der Waals surface area (Å²) in [7, 11) is 0. The number of halogens is 1. The van der Waals surface area contributed by atoms with Gasteiger partial charge in [-0.1, -0.05) is 35.9 Å². The summed E-state index contributed by atoms with van der Waals surface area (Å²) in [5, 5.41) is 3.01. The molecule has 1 amide bonds. The van der Waals surface area contributed by atoms with Crippen molar-refractivity contribution in [2.24, 2.45) is 0 Å². The van der Waals surface area contributed by atoms with Gasteiger partial charge < -0.3 is 10.1 Å². The molecule has 0 saturated heterocycles. The Bertz CT molecular complexity index is 757. The molecule has 6 heteroatoms. The molecule has 124 valence electrons. The van der Waals surface area contributed by atoms with Crippen molar-refractivity contribution >= 4 is 35.4 Å². The van der Waals surface area contributed by atoms with Crippen LogP contribution in [0.25, 0.3) is 6.08 Å². The van der Waals surface area contributed by atoms with E-state index in [0.717, 1.165) is 11.1 Å². The molecule has 0 unspecified atom stereocenters. The number of carbonyl (C=O) groups is 2. The number of esters is 1. The zero-order chi connectivity index (χ0) is 17.5. The van der Waals surface area contributed by atoms with Crippen LogP contribution in [0, 0.1) is 6.92 Å². The first-order valence-corrected chi connectivity index (χ1v) is 7.70. The Kier molecular flexibility index (Phi) is 6.09. The van der Waals surface area contributed by atoms with E-state index in [9.17, 15) is 9.59 Å². The summed E-state index contributed by atoms with van der Waals surface area (Å²) in [5.74, 6) is -0.727. The van der Waals surface area contributed by atoms with Crippen LogP contribution in [-0.4, -0.2) is 23.0 Å². The minimum Gasteiger partial charge on any atom is -0.449 e. The monoisotopic (exact) mass is 344 g/mol. The van der Waals surface area contributed by atoms with Crippen LogP contribution in [0.5, 0.6) is 0 Å². The molecule has 1 aromatic carbocycles. The van der Waals surface area contributed by atoms with Gasteiger partial charge >= 0.3 is 5.97 Å². The van der Waals surface area contributed by atoms with Crippen molar-refractivity contribution in [3.8, 4) is 0 Å². The van der Waals surface area contributed by atoms with Gasteiger partial charge in [-0.25, -0.2) is 9.78 Å². The van der Waals surface area contributed by atoms with Crippen molar-refractivity contribution < 1.29 is 14.3 Å². The van der Waals surface area contributed by atoms with Gasteiger partial charge in [-0.3, -0.25) is 4.79 Å². The molecular formula is C18H17ClN2O3. The fraction of sp³-hybridized carbons (Fsp3) is 0.167. The number of pyridine rings is 1. The van der Waals surface area contributed by atoms with E-state index in [1.807, 2.05) is 31.2 Å². The number of aromatic nitrogens is 1. The number of nitrogens with one attached hydrogen (secondary N) is 1. The van der Waals surface area contributed by atoms with Crippen molar-refractivity contribution in [2.45, 2.75) is 20.0 Å². The number of anilines is 1. The molecule has 1 N–H and O–H groups in total. The molecule has 2 rings (SSSR count). The van der Waals surface area contributed by atoms with Gasteiger partial charge in [0.05, 0.1) is 5.02 Å². The Morgan fingerprint density at radius 2 is 2.00 bits per heavy atom. The topological polar surface area (TPSA) is 68.3 Å². The average molecular weight is 345 g/mol. The second kappa shape index (κ2) is 8.26. The quantitative estimate of drug-likeness (QED) is 0.664. The van der Waals surface area contributed by atoms with E-state index in [4.69, 9.17) is 16.3 Å². The van der Waals surface area contributed by atoms with Crippen LogP contribution in [0.2, 0.25) is 5.02 Å². The number of nitrogens with zero attached hydrogens (tertiary/aromatic N) is 1. The lowest BCUT2D eigenvalue weighted by atomic mass is 10.1. The average Bonchev–Trinajstić information content (AvgIpc) is 2.56. The number of carbonyl (C=O) groups excluding carboxylic acids is 2. The van der Waals surface area contributed by atoms with Gasteiger partial charge in [-0.2, -0.15) is 0 Å². The van der Waals surface area contributed by atoms with E-state index in [-0.39, 0.29) is 0 Å². The van der Waals surface area contributed by atoms with E-state index in [0.29, 0.717) is 10.8 Å². The van der Waals surface area contributed by atoms with Gasteiger partial charge in [0.15, 0.2) is 6.10 Å². The van der Waals surface area contributed by atoms with E-state index >= 15 is 0 Å². The minimum atomic E-state index is -0.948. The lowest BCUT2D eigenvalue weighted by molar-refractivity contribution is -0.148. The van der Waals surface area contributed by atoms with E-state index < -0.39 is 18.0 Å². The Hall–Kier alpha value is -2.66. The third kappa shape index (κ3) is 5.21. The van der Waals surface area contributed by atoms with E-state index in [1.54, 1.807) is 18.2 Å². The Balaban J connectivity index is 1.90. The Morgan fingerprint density at radius 3 is 2.67 bits per heavy atom. The molecule has 0 aliphatic carbocycles. The van der Waals surface area contributed by atoms with Gasteiger partial charge in [0.2, 0.25) is 0 Å². The lowest BCUT2D eigenvalue weighted by Crippen LogP contribution is -2.29. The molecule has 1 heterocycles. The number of hydrogen-bond donors (Lipinski definition) is 1. The maximum Gasteiger partial charge on any atom is 0.331 e. The zero-order valence-electron chi connectivity index (χ0n) is 13.3. The van der Waals surface area contributed by atoms with Crippen molar-refractivity contribution in [1.29, 1.82) is 0 Å². The standard InChI is InChI=1S/C18H17ClN2O3/c1-12-5-3-4-6-14(12)7-10-17(22)24-13(2)18(23)21-16-9-8-15(19)11-20-16/h3-11,13H,1-2H3,(H,20,21,23)/b10-7+/t13-/m0/s1. The molecular weight excluding hydrogens is 328 g/mol. The summed E-state index contributed by atoms with van der Waals surface area (Å²) >= 11 is 5.72. The van der Waals surface area contributed by atoms with Gasteiger partial charge in [-0.15, -0.1) is 0 Å². The zero-order valence-corrected chi connectivity index (χ0v) is 14.1. The first-order chi connectivity index (χ1) is 11.5. The van der Waals surface area contributed by atoms with Gasteiger partial charge in [-0.05, 0) is 43.2 Å². The van der Waals surface area contributed by atoms with Crippen LogP contribution in [0.15, 0.2) is 48.7 Å². The maximum absolute atomic E-state index is 12.0. The van der Waals surface area contributed by atoms with Gasteiger partial charge in [0.1, 0.15) is 5.82 Å². The number of rotatable bonds is 5. The van der Waals surface area contributed by atoms with E-state index in [2.05, 4.69) is 10.3 Å². The highest BCUT2D eigenvalue weighted by Crippen LogP contribution is 2.11. The minimum absolute atomic E-state index is 0.336. The molecule has 0 spiro atoms. The molecule has 0 fully saturated rings. The SMILES string of the molecule is Cc1ccccc1/C=C/C(=O)O[C@@H](C)C(=O)Nc1ccc(Cl)cn1. The highest BCUT2D eigenvalue weighted by Gasteiger charge is 2.17. The van der Waals surface area contributed by atoms with Crippen LogP contribution in [-0.2, 0) is 14.3 Å². The number of hydrogen-bond acceptors (Lipinski definition) is 4. The Morgan fingerprint density at radius 1 is 1.25 bits per heavy atom. The summed E-state index contributed by atoms with van der Waals surface area (Å²) in [6.07, 6.45) is 3.42. The summed E-state index contributed by atoms with van der Waals surface area (Å²) in [5.41, 5.74) is 1.96. The summed E-state index contributed by atoms with van der Waals surface area (Å²) in [6, 6.07) is 10.8. The first-order valence-electron chi connectivity index (χ1n) is 7.32. The van der Waals surface area contributed by atoms with Gasteiger partial charge in [0, 0.05) is 12.3 Å². The lowest BCUT2D eigenvalue weighted by Gasteiger charge is -2.11. The Labute approximate surface area is 145 Å². The molecule has 24 heavy (non-hydrogen) atoms. The number of amides is 1. The largest absolute Gasteiger partial charge is 0.449 e. The second-order valence-corrected chi connectivity index (χ2v) is 5.56. The molecule has 0 saturated carbocycles. The normalized spacial score (nSPS) is 12.0. The summed E-state index contributed by atoms with van der Waals surface area (Å²) in [6.45, 7) is 3.44.